The Labute approximate surface area is 183 Å². The van der Waals surface area contributed by atoms with Gasteiger partial charge in [0, 0.05) is 22.8 Å². The zero-order chi connectivity index (χ0) is 20.7. The molecule has 2 aromatic heterocycles. The molecule has 2 aliphatic heterocycles. The molecule has 2 aliphatic rings. The number of carbonyl (C=O) groups is 2. The number of rotatable bonds is 4. The Kier molecular flexibility index (Phi) is 5.18. The Morgan fingerprint density at radius 2 is 1.87 bits per heavy atom. The number of thiophene rings is 2. The van der Waals surface area contributed by atoms with E-state index >= 15 is 0 Å². The molecule has 0 saturated heterocycles. The molecule has 3 aromatic rings. The molecule has 0 fully saturated rings. The smallest absolute Gasteiger partial charge is 0.237 e. The summed E-state index contributed by atoms with van der Waals surface area (Å²) in [6, 6.07) is 13.9. The van der Waals surface area contributed by atoms with E-state index in [2.05, 4.69) is 29.0 Å². The number of nitrogens with two attached hydrogens (primary N) is 1. The topological polar surface area (TPSA) is 66.6 Å². The van der Waals surface area contributed by atoms with E-state index < -0.39 is 6.04 Å². The van der Waals surface area contributed by atoms with Crippen LogP contribution in [0.4, 0.5) is 0 Å². The predicted molar refractivity (Wildman–Crippen MR) is 119 cm³/mol. The third-order valence-corrected chi connectivity index (χ3v) is 8.03. The minimum atomic E-state index is -0.453. The summed E-state index contributed by atoms with van der Waals surface area (Å²) in [6.45, 7) is 1.46. The number of benzene rings is 1. The summed E-state index contributed by atoms with van der Waals surface area (Å²) in [6.07, 6.45) is 1.44. The molecule has 1 aromatic carbocycles. The van der Waals surface area contributed by atoms with Crippen molar-refractivity contribution >= 4 is 34.5 Å². The minimum absolute atomic E-state index is 0.0448. The molecule has 0 spiro atoms. The Bertz CT molecular complexity index is 1080. The van der Waals surface area contributed by atoms with Crippen LogP contribution in [0, 0.1) is 0 Å². The summed E-state index contributed by atoms with van der Waals surface area (Å²) in [5.74, 6) is -0.318. The summed E-state index contributed by atoms with van der Waals surface area (Å²) < 4.78 is 0. The lowest BCUT2D eigenvalue weighted by Crippen LogP contribution is -2.53. The van der Waals surface area contributed by atoms with Crippen molar-refractivity contribution in [3.63, 3.8) is 0 Å². The molecule has 30 heavy (non-hydrogen) atoms. The van der Waals surface area contributed by atoms with Crippen molar-refractivity contribution in [2.75, 3.05) is 13.1 Å². The first kappa shape index (κ1) is 19.5. The number of hydrogen-bond donors (Lipinski definition) is 1. The fraction of sp³-hybridized carbons (Fsp3) is 0.304. The zero-order valence-corrected chi connectivity index (χ0v) is 18.1. The van der Waals surface area contributed by atoms with Crippen molar-refractivity contribution in [2.24, 2.45) is 5.73 Å². The Morgan fingerprint density at radius 3 is 2.63 bits per heavy atom. The molecular weight excluding hydrogens is 414 g/mol. The lowest BCUT2D eigenvalue weighted by molar-refractivity contribution is -0.136. The first-order valence-electron chi connectivity index (χ1n) is 10.1. The molecule has 7 heteroatoms. The van der Waals surface area contributed by atoms with Gasteiger partial charge in [-0.1, -0.05) is 30.3 Å². The third-order valence-electron chi connectivity index (χ3n) is 6.11. The van der Waals surface area contributed by atoms with Crippen molar-refractivity contribution in [2.45, 2.75) is 31.5 Å². The van der Waals surface area contributed by atoms with Crippen molar-refractivity contribution in [3.8, 4) is 0 Å². The van der Waals surface area contributed by atoms with Gasteiger partial charge >= 0.3 is 0 Å². The standard InChI is InChI=1S/C23H23N3O2S2/c24-23(28)18-12-15-4-1-2-5-16(15)13-25(18)14-21(27)26-9-7-19-17(8-11-30-19)22(26)20-6-3-10-29-20/h1-6,8,10-11,18,22H,7,9,12-14H2,(H2,24,28). The molecule has 2 unspecified atom stereocenters. The zero-order valence-electron chi connectivity index (χ0n) is 16.5. The van der Waals surface area contributed by atoms with E-state index in [0.717, 1.165) is 17.5 Å². The third kappa shape index (κ3) is 3.47. The summed E-state index contributed by atoms with van der Waals surface area (Å²) in [5.41, 5.74) is 9.26. The van der Waals surface area contributed by atoms with Crippen LogP contribution in [-0.2, 0) is 29.0 Å². The molecule has 0 bridgehead atoms. The molecule has 2 N–H and O–H groups in total. The number of primary amides is 1. The highest BCUT2D eigenvalue weighted by atomic mass is 32.1. The number of carbonyl (C=O) groups excluding carboxylic acids is 2. The van der Waals surface area contributed by atoms with E-state index in [1.165, 1.54) is 15.3 Å². The van der Waals surface area contributed by atoms with Crippen molar-refractivity contribution in [3.05, 3.63) is 79.7 Å². The molecule has 0 radical (unpaired) electrons. The summed E-state index contributed by atoms with van der Waals surface area (Å²) in [5, 5.41) is 4.17. The van der Waals surface area contributed by atoms with Gasteiger partial charge in [0.15, 0.2) is 0 Å². The molecule has 5 rings (SSSR count). The van der Waals surface area contributed by atoms with Gasteiger partial charge in [-0.15, -0.1) is 22.7 Å². The molecular formula is C23H23N3O2S2. The van der Waals surface area contributed by atoms with Crippen LogP contribution in [0.5, 0.6) is 0 Å². The van der Waals surface area contributed by atoms with E-state index in [0.29, 0.717) is 19.5 Å². The maximum atomic E-state index is 13.5. The number of nitrogens with zero attached hydrogens (tertiary/aromatic N) is 2. The highest BCUT2D eigenvalue weighted by Crippen LogP contribution is 2.39. The highest BCUT2D eigenvalue weighted by Gasteiger charge is 2.37. The number of fused-ring (bicyclic) bond motifs is 2. The van der Waals surface area contributed by atoms with Crippen LogP contribution in [0.2, 0.25) is 0 Å². The molecule has 4 heterocycles. The SMILES string of the molecule is NC(=O)C1Cc2ccccc2CN1CC(=O)N1CCc2sccc2C1c1cccs1. The van der Waals surface area contributed by atoms with Gasteiger partial charge in [-0.25, -0.2) is 0 Å². The fourth-order valence-corrected chi connectivity index (χ4v) is 6.39. The van der Waals surface area contributed by atoms with Gasteiger partial charge in [0.2, 0.25) is 11.8 Å². The largest absolute Gasteiger partial charge is 0.368 e. The van der Waals surface area contributed by atoms with Crippen LogP contribution in [0.15, 0.2) is 53.2 Å². The van der Waals surface area contributed by atoms with Gasteiger partial charge in [0.25, 0.3) is 0 Å². The van der Waals surface area contributed by atoms with E-state index in [9.17, 15) is 9.59 Å². The molecule has 5 nitrogen and oxygen atoms in total. The van der Waals surface area contributed by atoms with E-state index in [1.807, 2.05) is 34.1 Å². The second-order valence-corrected chi connectivity index (χ2v) is 9.83. The second-order valence-electron chi connectivity index (χ2n) is 7.85. The summed E-state index contributed by atoms with van der Waals surface area (Å²) in [7, 11) is 0. The van der Waals surface area contributed by atoms with Crippen LogP contribution < -0.4 is 5.73 Å². The van der Waals surface area contributed by atoms with Gasteiger partial charge in [-0.2, -0.15) is 0 Å². The van der Waals surface area contributed by atoms with Gasteiger partial charge in [0.05, 0.1) is 18.6 Å². The molecule has 2 atom stereocenters. The summed E-state index contributed by atoms with van der Waals surface area (Å²) >= 11 is 3.45. The van der Waals surface area contributed by atoms with E-state index in [-0.39, 0.29) is 24.4 Å². The quantitative estimate of drug-likeness (QED) is 0.682. The van der Waals surface area contributed by atoms with Crippen LogP contribution in [0.3, 0.4) is 0 Å². The van der Waals surface area contributed by atoms with Gasteiger partial charge in [-0.05, 0) is 52.4 Å². The average Bonchev–Trinajstić information content (AvgIpc) is 3.44. The van der Waals surface area contributed by atoms with E-state index in [4.69, 9.17) is 5.73 Å². The Hall–Kier alpha value is -2.48. The fourth-order valence-electron chi connectivity index (χ4n) is 4.63. The van der Waals surface area contributed by atoms with Crippen molar-refractivity contribution < 1.29 is 9.59 Å². The maximum absolute atomic E-state index is 13.5. The van der Waals surface area contributed by atoms with Gasteiger partial charge in [-0.3, -0.25) is 14.5 Å². The molecule has 0 aliphatic carbocycles. The van der Waals surface area contributed by atoms with Crippen LogP contribution >= 0.6 is 22.7 Å². The minimum Gasteiger partial charge on any atom is -0.368 e. The van der Waals surface area contributed by atoms with Gasteiger partial charge < -0.3 is 10.6 Å². The average molecular weight is 438 g/mol. The molecule has 2 amide bonds. The molecule has 0 saturated carbocycles. The van der Waals surface area contributed by atoms with Crippen LogP contribution in [0.25, 0.3) is 0 Å². The molecule has 154 valence electrons. The Balaban J connectivity index is 1.42. The van der Waals surface area contributed by atoms with Crippen LogP contribution in [-0.4, -0.2) is 40.7 Å². The number of amides is 2. The highest BCUT2D eigenvalue weighted by molar-refractivity contribution is 7.10. The number of hydrogen-bond acceptors (Lipinski definition) is 5. The Morgan fingerprint density at radius 1 is 1.03 bits per heavy atom. The second kappa shape index (κ2) is 7.98. The normalized spacial score (nSPS) is 21.1. The predicted octanol–water partition coefficient (Wildman–Crippen LogP) is 3.20. The monoisotopic (exact) mass is 437 g/mol. The lowest BCUT2D eigenvalue weighted by Gasteiger charge is -2.39. The maximum Gasteiger partial charge on any atom is 0.237 e. The van der Waals surface area contributed by atoms with E-state index in [1.54, 1.807) is 22.7 Å². The van der Waals surface area contributed by atoms with Crippen molar-refractivity contribution in [1.82, 2.24) is 9.80 Å². The first-order valence-corrected chi connectivity index (χ1v) is 11.9. The lowest BCUT2D eigenvalue weighted by atomic mass is 9.93. The van der Waals surface area contributed by atoms with Crippen molar-refractivity contribution in [1.29, 1.82) is 0 Å². The van der Waals surface area contributed by atoms with Crippen LogP contribution in [0.1, 0.15) is 32.5 Å². The van der Waals surface area contributed by atoms with Gasteiger partial charge in [0.1, 0.15) is 0 Å². The first-order chi connectivity index (χ1) is 14.6. The summed E-state index contributed by atoms with van der Waals surface area (Å²) in [4.78, 5) is 32.2.